The van der Waals surface area contributed by atoms with Gasteiger partial charge in [0.25, 0.3) is 0 Å². The van der Waals surface area contributed by atoms with Gasteiger partial charge in [-0.3, -0.25) is 0 Å². The highest BCUT2D eigenvalue weighted by Crippen LogP contribution is 1.99. The predicted molar refractivity (Wildman–Crippen MR) is 41.3 cm³/mol. The van der Waals surface area contributed by atoms with Crippen LogP contribution in [0.2, 0.25) is 0 Å². The van der Waals surface area contributed by atoms with Crippen molar-refractivity contribution in [2.45, 2.75) is 13.8 Å². The first kappa shape index (κ1) is 7.95. The van der Waals surface area contributed by atoms with Crippen LogP contribution >= 0.6 is 0 Å². The Morgan fingerprint density at radius 2 is 2.11 bits per heavy atom. The summed E-state index contributed by atoms with van der Waals surface area (Å²) >= 11 is 0. The maximum Gasteiger partial charge on any atom is 0.130 e. The summed E-state index contributed by atoms with van der Waals surface area (Å²) in [7, 11) is 0. The van der Waals surface area contributed by atoms with Crippen LogP contribution in [0.3, 0.4) is 0 Å². The highest BCUT2D eigenvalue weighted by atomic mass is 14.9. The summed E-state index contributed by atoms with van der Waals surface area (Å²) in [6.45, 7) is 7.59. The fourth-order valence-corrected chi connectivity index (χ4v) is 0.376. The molecule has 2 nitrogen and oxygen atoms in total. The topological polar surface area (TPSA) is 38.4 Å². The molecule has 0 unspecified atom stereocenters. The van der Waals surface area contributed by atoms with Gasteiger partial charge in [0.2, 0.25) is 0 Å². The van der Waals surface area contributed by atoms with Crippen LogP contribution in [0.15, 0.2) is 29.4 Å². The fraction of sp³-hybridized carbons (Fsp3) is 0.286. The van der Waals surface area contributed by atoms with Crippen LogP contribution in [0.1, 0.15) is 13.8 Å². The maximum absolute atomic E-state index is 5.27. The second kappa shape index (κ2) is 3.89. The molecule has 1 rings (SSSR count). The number of nitrogens with two attached hydrogens (primary N) is 1. The molecule has 0 bridgehead atoms. The standard InChI is InChI=1S/C5H6N2.C2H6/c1-4-2-3-7-5(4)6;1-2/h2-3H,1H2,(H2,6,7);1-2H3. The van der Waals surface area contributed by atoms with Crippen molar-refractivity contribution in [3.05, 3.63) is 24.4 Å². The van der Waals surface area contributed by atoms with Gasteiger partial charge in [-0.2, -0.15) is 0 Å². The molecule has 0 aromatic rings. The van der Waals surface area contributed by atoms with E-state index in [0.29, 0.717) is 5.84 Å². The van der Waals surface area contributed by atoms with E-state index in [9.17, 15) is 0 Å². The fourth-order valence-electron chi connectivity index (χ4n) is 0.376. The molecule has 0 amide bonds. The highest BCUT2D eigenvalue weighted by Gasteiger charge is 1.96. The number of aliphatic imine (C=N–C) groups is 1. The zero-order chi connectivity index (χ0) is 7.28. The molecule has 0 fully saturated rings. The second-order valence-corrected chi connectivity index (χ2v) is 1.36. The van der Waals surface area contributed by atoms with Crippen LogP contribution in [0.25, 0.3) is 0 Å². The van der Waals surface area contributed by atoms with E-state index in [-0.39, 0.29) is 0 Å². The van der Waals surface area contributed by atoms with Gasteiger partial charge in [0.05, 0.1) is 0 Å². The van der Waals surface area contributed by atoms with Gasteiger partial charge in [-0.25, -0.2) is 4.99 Å². The Morgan fingerprint density at radius 1 is 1.56 bits per heavy atom. The first-order valence-corrected chi connectivity index (χ1v) is 3.00. The lowest BCUT2D eigenvalue weighted by atomic mass is 10.3. The Balaban J connectivity index is 0.000000291. The summed E-state index contributed by atoms with van der Waals surface area (Å²) in [4.78, 5) is 3.73. The molecule has 1 aliphatic rings. The van der Waals surface area contributed by atoms with Crippen LogP contribution in [0.5, 0.6) is 0 Å². The van der Waals surface area contributed by atoms with Crippen LogP contribution in [-0.2, 0) is 0 Å². The number of hydrogen-bond donors (Lipinski definition) is 1. The smallest absolute Gasteiger partial charge is 0.130 e. The molecule has 0 atom stereocenters. The highest BCUT2D eigenvalue weighted by molar-refractivity contribution is 6.01. The summed E-state index contributed by atoms with van der Waals surface area (Å²) < 4.78 is 0. The van der Waals surface area contributed by atoms with Crippen molar-refractivity contribution in [3.8, 4) is 0 Å². The number of amidine groups is 1. The lowest BCUT2D eigenvalue weighted by Crippen LogP contribution is -2.08. The molecular formula is C7H12N2. The first-order chi connectivity index (χ1) is 4.30. The minimum absolute atomic E-state index is 0.528. The van der Waals surface area contributed by atoms with Crippen LogP contribution in [0, 0.1) is 0 Å². The van der Waals surface area contributed by atoms with E-state index in [1.54, 1.807) is 12.3 Å². The van der Waals surface area contributed by atoms with E-state index < -0.39 is 0 Å². The van der Waals surface area contributed by atoms with E-state index in [2.05, 4.69) is 11.6 Å². The van der Waals surface area contributed by atoms with Gasteiger partial charge < -0.3 is 5.73 Å². The summed E-state index contributed by atoms with van der Waals surface area (Å²) in [5, 5.41) is 0. The lowest BCUT2D eigenvalue weighted by Gasteiger charge is -1.85. The molecule has 0 radical (unpaired) electrons. The summed E-state index contributed by atoms with van der Waals surface area (Å²) in [5.74, 6) is 0.528. The number of rotatable bonds is 0. The Morgan fingerprint density at radius 3 is 2.22 bits per heavy atom. The third-order valence-electron chi connectivity index (χ3n) is 0.818. The monoisotopic (exact) mass is 124 g/mol. The Hall–Kier alpha value is -1.05. The molecule has 9 heavy (non-hydrogen) atoms. The van der Waals surface area contributed by atoms with Crippen molar-refractivity contribution in [2.24, 2.45) is 10.7 Å². The van der Waals surface area contributed by atoms with Gasteiger partial charge in [-0.1, -0.05) is 20.4 Å². The van der Waals surface area contributed by atoms with Gasteiger partial charge in [-0.05, 0) is 6.08 Å². The molecule has 0 spiro atoms. The molecular weight excluding hydrogens is 112 g/mol. The largest absolute Gasteiger partial charge is 0.383 e. The molecule has 1 aliphatic heterocycles. The molecule has 0 aromatic carbocycles. The zero-order valence-corrected chi connectivity index (χ0v) is 5.89. The van der Waals surface area contributed by atoms with Crippen LogP contribution in [0.4, 0.5) is 0 Å². The minimum Gasteiger partial charge on any atom is -0.383 e. The second-order valence-electron chi connectivity index (χ2n) is 1.36. The van der Waals surface area contributed by atoms with Crippen molar-refractivity contribution in [1.82, 2.24) is 0 Å². The third-order valence-corrected chi connectivity index (χ3v) is 0.818. The van der Waals surface area contributed by atoms with E-state index in [1.807, 2.05) is 13.8 Å². The van der Waals surface area contributed by atoms with Crippen LogP contribution < -0.4 is 5.73 Å². The Bertz CT molecular complexity index is 154. The van der Waals surface area contributed by atoms with Crippen LogP contribution in [-0.4, -0.2) is 5.84 Å². The quantitative estimate of drug-likeness (QED) is 0.521. The van der Waals surface area contributed by atoms with E-state index in [1.165, 1.54) is 0 Å². The van der Waals surface area contributed by atoms with E-state index in [0.717, 1.165) is 5.57 Å². The molecule has 0 aliphatic carbocycles. The molecule has 0 saturated carbocycles. The molecule has 50 valence electrons. The Labute approximate surface area is 55.8 Å². The van der Waals surface area contributed by atoms with Crippen molar-refractivity contribution < 1.29 is 0 Å². The third kappa shape index (κ3) is 2.13. The maximum atomic E-state index is 5.27. The SMILES string of the molecule is C=C1C=CN=C1N.CC. The first-order valence-electron chi connectivity index (χ1n) is 3.00. The average molecular weight is 124 g/mol. The van der Waals surface area contributed by atoms with Gasteiger partial charge >= 0.3 is 0 Å². The molecule has 0 aromatic heterocycles. The van der Waals surface area contributed by atoms with Crippen molar-refractivity contribution in [1.29, 1.82) is 0 Å². The van der Waals surface area contributed by atoms with Gasteiger partial charge in [0, 0.05) is 11.8 Å². The van der Waals surface area contributed by atoms with Crippen molar-refractivity contribution >= 4 is 5.84 Å². The molecule has 0 saturated heterocycles. The Kier molecular flexibility index (Phi) is 3.44. The molecule has 2 N–H and O–H groups in total. The number of hydrogen-bond acceptors (Lipinski definition) is 2. The van der Waals surface area contributed by atoms with E-state index >= 15 is 0 Å². The van der Waals surface area contributed by atoms with Gasteiger partial charge in [0.1, 0.15) is 5.84 Å². The zero-order valence-electron chi connectivity index (χ0n) is 5.89. The normalized spacial score (nSPS) is 14.4. The lowest BCUT2D eigenvalue weighted by molar-refractivity contribution is 1.50. The van der Waals surface area contributed by atoms with Crippen molar-refractivity contribution in [3.63, 3.8) is 0 Å². The summed E-state index contributed by atoms with van der Waals surface area (Å²) in [6, 6.07) is 0. The minimum atomic E-state index is 0.528. The summed E-state index contributed by atoms with van der Waals surface area (Å²) in [6.07, 6.45) is 3.41. The van der Waals surface area contributed by atoms with Gasteiger partial charge in [0.15, 0.2) is 0 Å². The predicted octanol–water partition coefficient (Wildman–Crippen LogP) is 1.45. The average Bonchev–Trinajstić information content (AvgIpc) is 2.23. The molecule has 2 heteroatoms. The van der Waals surface area contributed by atoms with Gasteiger partial charge in [-0.15, -0.1) is 0 Å². The number of nitrogens with zero attached hydrogens (tertiary/aromatic N) is 1. The van der Waals surface area contributed by atoms with E-state index in [4.69, 9.17) is 5.73 Å². The summed E-state index contributed by atoms with van der Waals surface area (Å²) in [5.41, 5.74) is 6.07. The van der Waals surface area contributed by atoms with Crippen molar-refractivity contribution in [2.75, 3.05) is 0 Å². The molecule has 1 heterocycles.